The van der Waals surface area contributed by atoms with Gasteiger partial charge in [-0.1, -0.05) is 0 Å². The molecule has 1 aromatic heterocycles. The van der Waals surface area contributed by atoms with Gasteiger partial charge in [-0.15, -0.1) is 11.3 Å². The third kappa shape index (κ3) is 4.48. The third-order valence-corrected chi connectivity index (χ3v) is 3.98. The van der Waals surface area contributed by atoms with Gasteiger partial charge in [0.2, 0.25) is 0 Å². The summed E-state index contributed by atoms with van der Waals surface area (Å²) in [6.45, 7) is 0. The number of benzene rings is 1. The van der Waals surface area contributed by atoms with Gasteiger partial charge in [0.15, 0.2) is 0 Å². The van der Waals surface area contributed by atoms with Crippen molar-refractivity contribution in [1.82, 2.24) is 5.32 Å². The van der Waals surface area contributed by atoms with Gasteiger partial charge < -0.3 is 19.5 Å². The normalized spacial score (nSPS) is 9.88. The maximum atomic E-state index is 12.5. The molecule has 0 aliphatic carbocycles. The maximum absolute atomic E-state index is 12.5. The molecule has 0 unspecified atom stereocenters. The Balaban J connectivity index is 2.21. The summed E-state index contributed by atoms with van der Waals surface area (Å²) in [5, 5.41) is 6.59. The second-order valence-corrected chi connectivity index (χ2v) is 5.58. The molecule has 0 aliphatic heterocycles. The van der Waals surface area contributed by atoms with Crippen LogP contribution in [0.15, 0.2) is 29.6 Å². The number of thiophene rings is 1. The molecule has 0 saturated heterocycles. The Bertz CT molecular complexity index is 779. The summed E-state index contributed by atoms with van der Waals surface area (Å²) in [4.78, 5) is 35.6. The zero-order valence-electron chi connectivity index (χ0n) is 13.7. The maximum Gasteiger partial charge on any atom is 0.413 e. The second kappa shape index (κ2) is 8.15. The lowest BCUT2D eigenvalue weighted by atomic mass is 10.2. The Morgan fingerprint density at radius 2 is 1.60 bits per heavy atom. The highest BCUT2D eigenvalue weighted by Gasteiger charge is 2.18. The van der Waals surface area contributed by atoms with E-state index in [0.29, 0.717) is 22.1 Å². The minimum absolute atomic E-state index is 0.151. The minimum atomic E-state index is -0.883. The van der Waals surface area contributed by atoms with Crippen molar-refractivity contribution in [2.24, 2.45) is 0 Å². The first kappa shape index (κ1) is 18.3. The lowest BCUT2D eigenvalue weighted by molar-refractivity contribution is 0.0938. The average molecular weight is 364 g/mol. The molecular weight excluding hydrogens is 348 g/mol. The number of carbonyl (C=O) groups excluding carboxylic acids is 3. The summed E-state index contributed by atoms with van der Waals surface area (Å²) in [7, 11) is 4.10. The van der Waals surface area contributed by atoms with Crippen LogP contribution in [0.1, 0.15) is 20.7 Å². The van der Waals surface area contributed by atoms with Gasteiger partial charge in [-0.2, -0.15) is 0 Å². The summed E-state index contributed by atoms with van der Waals surface area (Å²) in [5.74, 6) is -0.211. The van der Waals surface area contributed by atoms with Gasteiger partial charge >= 0.3 is 6.09 Å². The molecule has 9 heteroatoms. The highest BCUT2D eigenvalue weighted by molar-refractivity contribution is 7.14. The molecule has 0 bridgehead atoms. The van der Waals surface area contributed by atoms with E-state index >= 15 is 0 Å². The van der Waals surface area contributed by atoms with E-state index in [1.54, 1.807) is 23.6 Å². The number of amides is 3. The SMILES string of the molecule is COC(=O)NC(=O)c1ccsc1NC(=O)c1cc(OC)cc(OC)c1. The number of anilines is 1. The van der Waals surface area contributed by atoms with Gasteiger partial charge in [-0.25, -0.2) is 4.79 Å². The number of hydrogen-bond acceptors (Lipinski definition) is 7. The number of imide groups is 1. The third-order valence-electron chi connectivity index (χ3n) is 3.15. The zero-order chi connectivity index (χ0) is 18.4. The summed E-state index contributed by atoms with van der Waals surface area (Å²) in [5.41, 5.74) is 0.447. The lowest BCUT2D eigenvalue weighted by Crippen LogP contribution is -2.30. The molecule has 3 amide bonds. The number of alkyl carbamates (subject to hydrolysis) is 1. The summed E-state index contributed by atoms with van der Waals surface area (Å²) < 4.78 is 14.6. The van der Waals surface area contributed by atoms with E-state index in [4.69, 9.17) is 9.47 Å². The standard InChI is InChI=1S/C16H16N2O6S/c1-22-10-6-9(7-11(8-10)23-2)13(19)17-15-12(4-5-25-15)14(20)18-16(21)24-3/h4-8H,1-3H3,(H,17,19)(H,18,20,21). The number of nitrogens with one attached hydrogen (secondary N) is 2. The molecule has 0 spiro atoms. The fourth-order valence-electron chi connectivity index (χ4n) is 1.91. The van der Waals surface area contributed by atoms with Gasteiger partial charge in [0, 0.05) is 11.6 Å². The Kier molecular flexibility index (Phi) is 5.96. The lowest BCUT2D eigenvalue weighted by Gasteiger charge is -2.09. The van der Waals surface area contributed by atoms with E-state index < -0.39 is 17.9 Å². The molecule has 0 radical (unpaired) electrons. The molecule has 132 valence electrons. The van der Waals surface area contributed by atoms with Crippen molar-refractivity contribution >= 4 is 34.2 Å². The van der Waals surface area contributed by atoms with Crippen LogP contribution >= 0.6 is 11.3 Å². The van der Waals surface area contributed by atoms with Crippen LogP contribution in [0.2, 0.25) is 0 Å². The summed E-state index contributed by atoms with van der Waals surface area (Å²) in [6.07, 6.45) is -0.883. The fourth-order valence-corrected chi connectivity index (χ4v) is 2.69. The Hall–Kier alpha value is -3.07. The topological polar surface area (TPSA) is 103 Å². The van der Waals surface area contributed by atoms with Gasteiger partial charge in [0.25, 0.3) is 11.8 Å². The zero-order valence-corrected chi connectivity index (χ0v) is 14.6. The van der Waals surface area contributed by atoms with Crippen LogP contribution in [-0.2, 0) is 4.74 Å². The predicted molar refractivity (Wildman–Crippen MR) is 91.7 cm³/mol. The number of methoxy groups -OCH3 is 3. The molecular formula is C16H16N2O6S. The Morgan fingerprint density at radius 3 is 2.16 bits per heavy atom. The first-order valence-corrected chi connectivity index (χ1v) is 7.87. The van der Waals surface area contributed by atoms with Crippen molar-refractivity contribution in [3.05, 3.63) is 40.8 Å². The van der Waals surface area contributed by atoms with E-state index in [1.807, 2.05) is 5.32 Å². The van der Waals surface area contributed by atoms with E-state index in [9.17, 15) is 14.4 Å². The van der Waals surface area contributed by atoms with Crippen LogP contribution in [0.5, 0.6) is 11.5 Å². The van der Waals surface area contributed by atoms with Crippen molar-refractivity contribution in [3.8, 4) is 11.5 Å². The van der Waals surface area contributed by atoms with E-state index in [0.717, 1.165) is 18.4 Å². The molecule has 25 heavy (non-hydrogen) atoms. The second-order valence-electron chi connectivity index (χ2n) is 4.66. The highest BCUT2D eigenvalue weighted by Crippen LogP contribution is 2.26. The molecule has 2 N–H and O–H groups in total. The molecule has 0 saturated carbocycles. The molecule has 1 heterocycles. The molecule has 1 aromatic carbocycles. The molecule has 0 aliphatic rings. The van der Waals surface area contributed by atoms with E-state index in [-0.39, 0.29) is 5.56 Å². The number of carbonyl (C=O) groups is 3. The Morgan fingerprint density at radius 1 is 0.960 bits per heavy atom. The van der Waals surface area contributed by atoms with Crippen LogP contribution in [0, 0.1) is 0 Å². The minimum Gasteiger partial charge on any atom is -0.497 e. The average Bonchev–Trinajstić information content (AvgIpc) is 3.09. The van der Waals surface area contributed by atoms with E-state index in [2.05, 4.69) is 10.1 Å². The number of hydrogen-bond donors (Lipinski definition) is 2. The molecule has 2 aromatic rings. The van der Waals surface area contributed by atoms with Crippen molar-refractivity contribution in [2.45, 2.75) is 0 Å². The smallest absolute Gasteiger partial charge is 0.413 e. The van der Waals surface area contributed by atoms with Crippen LogP contribution < -0.4 is 20.1 Å². The number of rotatable bonds is 5. The monoisotopic (exact) mass is 364 g/mol. The molecule has 8 nitrogen and oxygen atoms in total. The fraction of sp³-hybridized carbons (Fsp3) is 0.188. The van der Waals surface area contributed by atoms with E-state index in [1.165, 1.54) is 20.3 Å². The van der Waals surface area contributed by atoms with Gasteiger partial charge in [-0.3, -0.25) is 14.9 Å². The summed E-state index contributed by atoms with van der Waals surface area (Å²) >= 11 is 1.15. The highest BCUT2D eigenvalue weighted by atomic mass is 32.1. The van der Waals surface area contributed by atoms with Gasteiger partial charge in [0.05, 0.1) is 26.9 Å². The van der Waals surface area contributed by atoms with Crippen molar-refractivity contribution < 1.29 is 28.6 Å². The van der Waals surface area contributed by atoms with Gasteiger partial charge in [-0.05, 0) is 23.6 Å². The van der Waals surface area contributed by atoms with Crippen molar-refractivity contribution in [1.29, 1.82) is 0 Å². The first-order valence-electron chi connectivity index (χ1n) is 6.99. The molecule has 0 atom stereocenters. The quantitative estimate of drug-likeness (QED) is 0.845. The van der Waals surface area contributed by atoms with Gasteiger partial charge in [0.1, 0.15) is 16.5 Å². The summed E-state index contributed by atoms with van der Waals surface area (Å²) in [6, 6.07) is 6.21. The van der Waals surface area contributed by atoms with Crippen LogP contribution in [0.4, 0.5) is 9.80 Å². The molecule has 2 rings (SSSR count). The number of ether oxygens (including phenoxy) is 3. The first-order chi connectivity index (χ1) is 12.0. The largest absolute Gasteiger partial charge is 0.497 e. The van der Waals surface area contributed by atoms with Crippen LogP contribution in [0.25, 0.3) is 0 Å². The predicted octanol–water partition coefficient (Wildman–Crippen LogP) is 2.51. The van der Waals surface area contributed by atoms with Crippen molar-refractivity contribution in [2.75, 3.05) is 26.6 Å². The van der Waals surface area contributed by atoms with Crippen LogP contribution in [0.3, 0.4) is 0 Å². The van der Waals surface area contributed by atoms with Crippen LogP contribution in [-0.4, -0.2) is 39.2 Å². The molecule has 0 fully saturated rings. The van der Waals surface area contributed by atoms with Crippen molar-refractivity contribution in [3.63, 3.8) is 0 Å². The Labute approximate surface area is 147 Å².